The lowest BCUT2D eigenvalue weighted by molar-refractivity contribution is 0.0950. The van der Waals surface area contributed by atoms with Crippen LogP contribution >= 0.6 is 15.9 Å². The number of nitrogens with one attached hydrogen (secondary N) is 1. The van der Waals surface area contributed by atoms with E-state index in [4.69, 9.17) is 0 Å². The zero-order chi connectivity index (χ0) is 13.0. The fourth-order valence-electron chi connectivity index (χ4n) is 1.45. The van der Waals surface area contributed by atoms with E-state index in [-0.39, 0.29) is 11.7 Å². The predicted molar refractivity (Wildman–Crippen MR) is 69.5 cm³/mol. The minimum absolute atomic E-state index is 0.251. The number of carbonyl (C=O) groups is 1. The number of aromatic nitrogens is 1. The van der Waals surface area contributed by atoms with Gasteiger partial charge in [-0.05, 0) is 51.8 Å². The van der Waals surface area contributed by atoms with Crippen LogP contribution in [0.3, 0.4) is 0 Å². The molecule has 92 valence electrons. The van der Waals surface area contributed by atoms with Gasteiger partial charge in [0.2, 0.25) is 0 Å². The van der Waals surface area contributed by atoms with E-state index in [0.29, 0.717) is 16.6 Å². The van der Waals surface area contributed by atoms with Crippen LogP contribution in [0.25, 0.3) is 0 Å². The van der Waals surface area contributed by atoms with Crippen molar-refractivity contribution >= 4 is 21.8 Å². The van der Waals surface area contributed by atoms with Crippen LogP contribution in [0.15, 0.2) is 47.2 Å². The Labute approximate surface area is 112 Å². The van der Waals surface area contributed by atoms with Gasteiger partial charge in [-0.1, -0.05) is 0 Å². The highest BCUT2D eigenvalue weighted by atomic mass is 79.9. The first-order valence-corrected chi connectivity index (χ1v) is 6.08. The normalized spacial score (nSPS) is 10.1. The van der Waals surface area contributed by atoms with Gasteiger partial charge in [-0.3, -0.25) is 9.78 Å². The van der Waals surface area contributed by atoms with Crippen molar-refractivity contribution in [2.45, 2.75) is 6.54 Å². The fraction of sp³-hybridized carbons (Fsp3) is 0.0769. The SMILES string of the molecule is O=C(NCc1ccncc1)c1ccc(F)cc1Br. The van der Waals surface area contributed by atoms with E-state index < -0.39 is 0 Å². The molecule has 5 heteroatoms. The monoisotopic (exact) mass is 308 g/mol. The highest BCUT2D eigenvalue weighted by molar-refractivity contribution is 9.10. The molecule has 1 aromatic carbocycles. The second-order valence-electron chi connectivity index (χ2n) is 3.66. The quantitative estimate of drug-likeness (QED) is 0.947. The molecule has 1 N–H and O–H groups in total. The third kappa shape index (κ3) is 3.13. The Hall–Kier alpha value is -1.75. The van der Waals surface area contributed by atoms with Crippen LogP contribution in [0.4, 0.5) is 4.39 Å². The Kier molecular flexibility index (Phi) is 4.04. The van der Waals surface area contributed by atoms with Gasteiger partial charge in [0.25, 0.3) is 5.91 Å². The van der Waals surface area contributed by atoms with Crippen LogP contribution in [-0.4, -0.2) is 10.9 Å². The Morgan fingerprint density at radius 2 is 2.00 bits per heavy atom. The number of carbonyl (C=O) groups excluding carboxylic acids is 1. The maximum atomic E-state index is 12.9. The summed E-state index contributed by atoms with van der Waals surface area (Å²) in [5.41, 5.74) is 1.36. The number of rotatable bonds is 3. The van der Waals surface area contributed by atoms with Gasteiger partial charge in [-0.15, -0.1) is 0 Å². The zero-order valence-electron chi connectivity index (χ0n) is 9.36. The molecule has 0 saturated carbocycles. The molecule has 0 atom stereocenters. The number of pyridine rings is 1. The minimum Gasteiger partial charge on any atom is -0.348 e. The molecule has 0 aliphatic carbocycles. The van der Waals surface area contributed by atoms with Crippen LogP contribution in [-0.2, 0) is 6.54 Å². The molecule has 3 nitrogen and oxygen atoms in total. The summed E-state index contributed by atoms with van der Waals surface area (Å²) >= 11 is 3.16. The summed E-state index contributed by atoms with van der Waals surface area (Å²) < 4.78 is 13.3. The predicted octanol–water partition coefficient (Wildman–Crippen LogP) is 2.91. The van der Waals surface area contributed by atoms with E-state index in [1.165, 1.54) is 18.2 Å². The lowest BCUT2D eigenvalue weighted by atomic mass is 10.2. The zero-order valence-corrected chi connectivity index (χ0v) is 10.9. The van der Waals surface area contributed by atoms with E-state index in [0.717, 1.165) is 5.56 Å². The molecule has 18 heavy (non-hydrogen) atoms. The number of hydrogen-bond acceptors (Lipinski definition) is 2. The highest BCUT2D eigenvalue weighted by Crippen LogP contribution is 2.17. The molecule has 1 amide bonds. The van der Waals surface area contributed by atoms with Crippen LogP contribution in [0.2, 0.25) is 0 Å². The van der Waals surface area contributed by atoms with Gasteiger partial charge < -0.3 is 5.32 Å². The molecule has 0 spiro atoms. The van der Waals surface area contributed by atoms with Gasteiger partial charge in [0.1, 0.15) is 5.82 Å². The largest absolute Gasteiger partial charge is 0.348 e. The van der Waals surface area contributed by atoms with Gasteiger partial charge in [0.15, 0.2) is 0 Å². The Morgan fingerprint density at radius 3 is 2.67 bits per heavy atom. The highest BCUT2D eigenvalue weighted by Gasteiger charge is 2.10. The average molecular weight is 309 g/mol. The van der Waals surface area contributed by atoms with Gasteiger partial charge in [0.05, 0.1) is 5.56 Å². The van der Waals surface area contributed by atoms with E-state index in [2.05, 4.69) is 26.2 Å². The van der Waals surface area contributed by atoms with Crippen LogP contribution in [0, 0.1) is 5.82 Å². The topological polar surface area (TPSA) is 42.0 Å². The van der Waals surface area contributed by atoms with E-state index in [1.54, 1.807) is 12.4 Å². The molecule has 0 bridgehead atoms. The van der Waals surface area contributed by atoms with Crippen molar-refractivity contribution in [1.29, 1.82) is 0 Å². The summed E-state index contributed by atoms with van der Waals surface area (Å²) in [5.74, 6) is -0.633. The maximum Gasteiger partial charge on any atom is 0.252 e. The van der Waals surface area contributed by atoms with Crippen molar-refractivity contribution in [1.82, 2.24) is 10.3 Å². The molecule has 0 unspecified atom stereocenters. The average Bonchev–Trinajstić information content (AvgIpc) is 2.37. The number of nitrogens with zero attached hydrogens (tertiary/aromatic N) is 1. The van der Waals surface area contributed by atoms with Gasteiger partial charge in [-0.25, -0.2) is 4.39 Å². The standard InChI is InChI=1S/C13H10BrFN2O/c14-12-7-10(15)1-2-11(12)13(18)17-8-9-3-5-16-6-4-9/h1-7H,8H2,(H,17,18). The third-order valence-electron chi connectivity index (χ3n) is 2.38. The van der Waals surface area contributed by atoms with Crippen LogP contribution in [0.5, 0.6) is 0 Å². The lowest BCUT2D eigenvalue weighted by Crippen LogP contribution is -2.23. The first-order chi connectivity index (χ1) is 8.66. The summed E-state index contributed by atoms with van der Waals surface area (Å²) in [4.78, 5) is 15.8. The molecule has 1 heterocycles. The van der Waals surface area contributed by atoms with Crippen molar-refractivity contribution in [3.8, 4) is 0 Å². The first kappa shape index (κ1) is 12.7. The third-order valence-corrected chi connectivity index (χ3v) is 3.03. The number of amides is 1. The van der Waals surface area contributed by atoms with Crippen molar-refractivity contribution < 1.29 is 9.18 Å². The Morgan fingerprint density at radius 1 is 1.28 bits per heavy atom. The van der Waals surface area contributed by atoms with Gasteiger partial charge in [-0.2, -0.15) is 0 Å². The molecule has 0 aliphatic heterocycles. The van der Waals surface area contributed by atoms with Gasteiger partial charge >= 0.3 is 0 Å². The number of halogens is 2. The molecule has 0 radical (unpaired) electrons. The van der Waals surface area contributed by atoms with Crippen molar-refractivity contribution in [3.63, 3.8) is 0 Å². The minimum atomic E-state index is -0.382. The summed E-state index contributed by atoms with van der Waals surface area (Å²) in [6, 6.07) is 7.61. The summed E-state index contributed by atoms with van der Waals surface area (Å²) in [5, 5.41) is 2.76. The summed E-state index contributed by atoms with van der Waals surface area (Å²) in [7, 11) is 0. The Balaban J connectivity index is 2.04. The number of benzene rings is 1. The molecular formula is C13H10BrFN2O. The molecule has 1 aromatic heterocycles. The maximum absolute atomic E-state index is 12.9. The second-order valence-corrected chi connectivity index (χ2v) is 4.52. The van der Waals surface area contributed by atoms with Crippen molar-refractivity contribution in [2.75, 3.05) is 0 Å². The van der Waals surface area contributed by atoms with Crippen molar-refractivity contribution in [3.05, 3.63) is 64.1 Å². The fourth-order valence-corrected chi connectivity index (χ4v) is 1.98. The van der Waals surface area contributed by atoms with Crippen LogP contribution in [0.1, 0.15) is 15.9 Å². The molecular weight excluding hydrogens is 299 g/mol. The van der Waals surface area contributed by atoms with Crippen LogP contribution < -0.4 is 5.32 Å². The second kappa shape index (κ2) is 5.73. The van der Waals surface area contributed by atoms with Crippen molar-refractivity contribution in [2.24, 2.45) is 0 Å². The van der Waals surface area contributed by atoms with E-state index >= 15 is 0 Å². The molecule has 0 fully saturated rings. The lowest BCUT2D eigenvalue weighted by Gasteiger charge is -2.06. The molecule has 2 rings (SSSR count). The first-order valence-electron chi connectivity index (χ1n) is 5.29. The summed E-state index contributed by atoms with van der Waals surface area (Å²) in [6.07, 6.45) is 3.32. The number of hydrogen-bond donors (Lipinski definition) is 1. The summed E-state index contributed by atoms with van der Waals surface area (Å²) in [6.45, 7) is 0.408. The smallest absolute Gasteiger partial charge is 0.252 e. The molecule has 0 aliphatic rings. The van der Waals surface area contributed by atoms with E-state index in [9.17, 15) is 9.18 Å². The molecule has 0 saturated heterocycles. The van der Waals surface area contributed by atoms with Gasteiger partial charge in [0, 0.05) is 23.4 Å². The van der Waals surface area contributed by atoms with E-state index in [1.807, 2.05) is 12.1 Å². The Bertz CT molecular complexity index is 560. The molecule has 2 aromatic rings.